The van der Waals surface area contributed by atoms with Crippen molar-refractivity contribution in [2.75, 3.05) is 18.5 Å². The first-order chi connectivity index (χ1) is 9.02. The van der Waals surface area contributed by atoms with Gasteiger partial charge in [-0.15, -0.1) is 0 Å². The number of hydrogen-bond acceptors (Lipinski definition) is 6. The van der Waals surface area contributed by atoms with Gasteiger partial charge in [-0.25, -0.2) is 4.98 Å². The summed E-state index contributed by atoms with van der Waals surface area (Å²) >= 11 is 0. The van der Waals surface area contributed by atoms with E-state index in [1.165, 1.54) is 18.2 Å². The minimum atomic E-state index is -4.21. The molecular formula is C10H11N5O3S. The standard InChI is InChI=1S/C10H11N5O3S/c16-19(17,18)7-1-2-8-9(5-7)13-10(12-8)14-15-4-3-11-6-15/h1-2,5-6H,3-4H2,(H2,12,13,14)(H,16,17,18). The highest BCUT2D eigenvalue weighted by atomic mass is 32.2. The molecule has 0 atom stereocenters. The second kappa shape index (κ2) is 4.21. The van der Waals surface area contributed by atoms with Gasteiger partial charge in [0.05, 0.1) is 29.0 Å². The van der Waals surface area contributed by atoms with E-state index in [9.17, 15) is 8.42 Å². The summed E-state index contributed by atoms with van der Waals surface area (Å²) < 4.78 is 31.1. The lowest BCUT2D eigenvalue weighted by Crippen LogP contribution is -2.27. The Morgan fingerprint density at radius 3 is 2.95 bits per heavy atom. The topological polar surface area (TPSA) is 111 Å². The quantitative estimate of drug-likeness (QED) is 0.706. The Balaban J connectivity index is 1.94. The van der Waals surface area contributed by atoms with E-state index in [4.69, 9.17) is 4.55 Å². The number of H-pyrrole nitrogens is 1. The van der Waals surface area contributed by atoms with E-state index in [2.05, 4.69) is 20.4 Å². The van der Waals surface area contributed by atoms with Crippen LogP contribution in [-0.2, 0) is 10.1 Å². The van der Waals surface area contributed by atoms with Gasteiger partial charge in [0.2, 0.25) is 5.95 Å². The lowest BCUT2D eigenvalue weighted by molar-refractivity contribution is 0.483. The normalized spacial score (nSPS) is 15.3. The Morgan fingerprint density at radius 1 is 1.42 bits per heavy atom. The number of hydrazine groups is 1. The fourth-order valence-electron chi connectivity index (χ4n) is 1.80. The molecule has 0 unspecified atom stereocenters. The summed E-state index contributed by atoms with van der Waals surface area (Å²) in [7, 11) is -4.21. The number of hydrogen-bond donors (Lipinski definition) is 3. The fourth-order valence-corrected chi connectivity index (χ4v) is 2.31. The molecule has 9 heteroatoms. The van der Waals surface area contributed by atoms with Gasteiger partial charge in [-0.05, 0) is 18.2 Å². The van der Waals surface area contributed by atoms with E-state index in [0.717, 1.165) is 13.1 Å². The summed E-state index contributed by atoms with van der Waals surface area (Å²) in [5, 5.41) is 1.77. The van der Waals surface area contributed by atoms with Crippen molar-refractivity contribution in [1.82, 2.24) is 15.0 Å². The zero-order valence-electron chi connectivity index (χ0n) is 9.74. The van der Waals surface area contributed by atoms with Crippen LogP contribution in [0, 0.1) is 0 Å². The number of nitrogens with one attached hydrogen (secondary N) is 2. The van der Waals surface area contributed by atoms with Crippen molar-refractivity contribution >= 4 is 33.4 Å². The minimum Gasteiger partial charge on any atom is -0.323 e. The van der Waals surface area contributed by atoms with Gasteiger partial charge >= 0.3 is 0 Å². The van der Waals surface area contributed by atoms with E-state index in [1.54, 1.807) is 11.3 Å². The maximum atomic E-state index is 11.0. The average Bonchev–Trinajstić information content (AvgIpc) is 2.95. The number of anilines is 1. The molecule has 0 fully saturated rings. The number of fused-ring (bicyclic) bond motifs is 1. The SMILES string of the molecule is O=S(=O)(O)c1ccc2nc(NN3C=NCC3)[nH]c2c1. The highest BCUT2D eigenvalue weighted by Crippen LogP contribution is 2.19. The Hall–Kier alpha value is -2.13. The molecule has 1 aliphatic rings. The molecule has 1 aliphatic heterocycles. The molecule has 2 heterocycles. The Kier molecular flexibility index (Phi) is 2.64. The minimum absolute atomic E-state index is 0.169. The summed E-state index contributed by atoms with van der Waals surface area (Å²) in [6.07, 6.45) is 1.66. The zero-order chi connectivity index (χ0) is 13.5. The molecule has 0 saturated heterocycles. The number of imidazole rings is 1. The van der Waals surface area contributed by atoms with Gasteiger partial charge in [0, 0.05) is 0 Å². The summed E-state index contributed by atoms with van der Waals surface area (Å²) in [4.78, 5) is 11.1. The molecule has 3 N–H and O–H groups in total. The Labute approximate surface area is 108 Å². The third-order valence-electron chi connectivity index (χ3n) is 2.69. The highest BCUT2D eigenvalue weighted by Gasteiger charge is 2.13. The van der Waals surface area contributed by atoms with Crippen molar-refractivity contribution in [2.24, 2.45) is 4.99 Å². The molecule has 0 saturated carbocycles. The van der Waals surface area contributed by atoms with Gasteiger partial charge in [-0.1, -0.05) is 0 Å². The molecule has 2 aromatic rings. The first-order valence-electron chi connectivity index (χ1n) is 5.53. The first-order valence-corrected chi connectivity index (χ1v) is 6.97. The summed E-state index contributed by atoms with van der Waals surface area (Å²) in [5.41, 5.74) is 4.12. The third kappa shape index (κ3) is 2.37. The van der Waals surface area contributed by atoms with E-state index >= 15 is 0 Å². The number of aliphatic imine (C=N–C) groups is 1. The van der Waals surface area contributed by atoms with Crippen LogP contribution in [0.3, 0.4) is 0 Å². The zero-order valence-corrected chi connectivity index (χ0v) is 10.6. The van der Waals surface area contributed by atoms with Crippen LogP contribution in [0.15, 0.2) is 28.1 Å². The number of benzene rings is 1. The maximum absolute atomic E-state index is 11.0. The molecule has 3 rings (SSSR count). The fraction of sp³-hybridized carbons (Fsp3) is 0.200. The van der Waals surface area contributed by atoms with E-state index in [1.807, 2.05) is 0 Å². The van der Waals surface area contributed by atoms with Crippen LogP contribution in [0.5, 0.6) is 0 Å². The number of rotatable bonds is 3. The molecule has 1 aromatic carbocycles. The van der Waals surface area contributed by atoms with Crippen molar-refractivity contribution < 1.29 is 13.0 Å². The van der Waals surface area contributed by atoms with Gasteiger partial charge in [0.15, 0.2) is 0 Å². The number of aromatic nitrogens is 2. The average molecular weight is 281 g/mol. The number of nitrogens with zero attached hydrogens (tertiary/aromatic N) is 3. The number of aromatic amines is 1. The van der Waals surface area contributed by atoms with Crippen molar-refractivity contribution in [2.45, 2.75) is 4.90 Å². The first kappa shape index (κ1) is 11.9. The predicted molar refractivity (Wildman–Crippen MR) is 69.6 cm³/mol. The molecule has 100 valence electrons. The van der Waals surface area contributed by atoms with Crippen molar-refractivity contribution in [3.8, 4) is 0 Å². The third-order valence-corrected chi connectivity index (χ3v) is 3.54. The summed E-state index contributed by atoms with van der Waals surface area (Å²) in [6, 6.07) is 4.17. The van der Waals surface area contributed by atoms with Gasteiger partial charge < -0.3 is 4.98 Å². The molecule has 19 heavy (non-hydrogen) atoms. The molecule has 0 spiro atoms. The second-order valence-electron chi connectivity index (χ2n) is 4.07. The molecular weight excluding hydrogens is 270 g/mol. The van der Waals surface area contributed by atoms with Crippen molar-refractivity contribution in [1.29, 1.82) is 0 Å². The van der Waals surface area contributed by atoms with Crippen LogP contribution < -0.4 is 5.43 Å². The maximum Gasteiger partial charge on any atom is 0.294 e. The summed E-state index contributed by atoms with van der Waals surface area (Å²) in [6.45, 7) is 1.47. The van der Waals surface area contributed by atoms with E-state index in [0.29, 0.717) is 17.0 Å². The van der Waals surface area contributed by atoms with Gasteiger partial charge in [0.25, 0.3) is 10.1 Å². The Bertz CT molecular complexity index is 752. The monoisotopic (exact) mass is 281 g/mol. The molecule has 1 aromatic heterocycles. The molecule has 0 aliphatic carbocycles. The summed E-state index contributed by atoms with van der Waals surface area (Å²) in [5.74, 6) is 0.482. The highest BCUT2D eigenvalue weighted by molar-refractivity contribution is 7.85. The van der Waals surface area contributed by atoms with Crippen LogP contribution >= 0.6 is 0 Å². The largest absolute Gasteiger partial charge is 0.323 e. The van der Waals surface area contributed by atoms with Crippen LogP contribution in [0.4, 0.5) is 5.95 Å². The molecule has 0 radical (unpaired) electrons. The molecule has 8 nitrogen and oxygen atoms in total. The molecule has 0 amide bonds. The Morgan fingerprint density at radius 2 is 2.26 bits per heavy atom. The van der Waals surface area contributed by atoms with E-state index in [-0.39, 0.29) is 4.90 Å². The van der Waals surface area contributed by atoms with Gasteiger partial charge in [-0.2, -0.15) is 8.42 Å². The van der Waals surface area contributed by atoms with Crippen molar-refractivity contribution in [3.63, 3.8) is 0 Å². The van der Waals surface area contributed by atoms with Crippen molar-refractivity contribution in [3.05, 3.63) is 18.2 Å². The van der Waals surface area contributed by atoms with E-state index < -0.39 is 10.1 Å². The smallest absolute Gasteiger partial charge is 0.294 e. The second-order valence-corrected chi connectivity index (χ2v) is 5.49. The van der Waals surface area contributed by atoms with Crippen LogP contribution in [0.25, 0.3) is 11.0 Å². The van der Waals surface area contributed by atoms with Crippen LogP contribution in [0.1, 0.15) is 0 Å². The molecule has 0 bridgehead atoms. The van der Waals surface area contributed by atoms with Crippen LogP contribution in [0.2, 0.25) is 0 Å². The van der Waals surface area contributed by atoms with Gasteiger partial charge in [-0.3, -0.25) is 20.0 Å². The van der Waals surface area contributed by atoms with Gasteiger partial charge in [0.1, 0.15) is 6.34 Å². The lowest BCUT2D eigenvalue weighted by Gasteiger charge is -2.13. The predicted octanol–water partition coefficient (Wildman–Crippen LogP) is 0.480. The van der Waals surface area contributed by atoms with Crippen LogP contribution in [-0.4, -0.2) is 47.4 Å². The lowest BCUT2D eigenvalue weighted by atomic mass is 10.3.